The minimum atomic E-state index is -0.365. The summed E-state index contributed by atoms with van der Waals surface area (Å²) in [5, 5.41) is 11.5. The zero-order valence-corrected chi connectivity index (χ0v) is 19.1. The minimum Gasteiger partial charge on any atom is -0.325 e. The van der Waals surface area contributed by atoms with E-state index in [2.05, 4.69) is 25.6 Å². The molecule has 0 fully saturated rings. The highest BCUT2D eigenvalue weighted by Gasteiger charge is 2.14. The van der Waals surface area contributed by atoms with Crippen LogP contribution in [0.4, 0.5) is 5.69 Å². The number of rotatable bonds is 7. The summed E-state index contributed by atoms with van der Waals surface area (Å²) in [5.74, 6) is 0.932. The number of H-pyrrole nitrogens is 1. The summed E-state index contributed by atoms with van der Waals surface area (Å²) in [6, 6.07) is 13.3. The number of fused-ring (bicyclic) bond motifs is 1. The molecule has 2 aromatic carbocycles. The fourth-order valence-corrected chi connectivity index (χ4v) is 4.06. The number of amides is 1. The molecule has 2 aromatic heterocycles. The number of nitrogens with one attached hydrogen (secondary N) is 2. The largest absolute Gasteiger partial charge is 0.325 e. The second-order valence-electron chi connectivity index (χ2n) is 7.38. The van der Waals surface area contributed by atoms with Crippen LogP contribution in [0.1, 0.15) is 22.5 Å². The lowest BCUT2D eigenvalue weighted by Gasteiger charge is -2.09. The van der Waals surface area contributed by atoms with E-state index in [-0.39, 0.29) is 22.7 Å². The predicted molar refractivity (Wildman–Crippen MR) is 127 cm³/mol. The second kappa shape index (κ2) is 9.54. The van der Waals surface area contributed by atoms with Gasteiger partial charge in [-0.3, -0.25) is 9.59 Å². The van der Waals surface area contributed by atoms with Crippen molar-refractivity contribution < 1.29 is 4.79 Å². The average Bonchev–Trinajstić information content (AvgIpc) is 3.16. The molecule has 10 heteroatoms. The van der Waals surface area contributed by atoms with Crippen LogP contribution in [0, 0.1) is 13.8 Å². The molecule has 8 nitrogen and oxygen atoms in total. The van der Waals surface area contributed by atoms with Crippen molar-refractivity contribution in [1.29, 1.82) is 0 Å². The third-order valence-electron chi connectivity index (χ3n) is 4.84. The van der Waals surface area contributed by atoms with Crippen LogP contribution in [0.5, 0.6) is 0 Å². The zero-order chi connectivity index (χ0) is 22.7. The summed E-state index contributed by atoms with van der Waals surface area (Å²) < 4.78 is 1.55. The van der Waals surface area contributed by atoms with Gasteiger partial charge in [-0.1, -0.05) is 47.1 Å². The summed E-state index contributed by atoms with van der Waals surface area (Å²) in [5.41, 5.74) is 3.92. The van der Waals surface area contributed by atoms with Gasteiger partial charge in [0, 0.05) is 10.7 Å². The minimum absolute atomic E-state index is 0.113. The Hall–Kier alpha value is -3.17. The van der Waals surface area contributed by atoms with Crippen molar-refractivity contribution in [2.45, 2.75) is 26.1 Å². The molecule has 32 heavy (non-hydrogen) atoms. The quantitative estimate of drug-likeness (QED) is 0.428. The van der Waals surface area contributed by atoms with E-state index in [1.165, 1.54) is 11.8 Å². The normalized spacial score (nSPS) is 11.1. The van der Waals surface area contributed by atoms with Crippen LogP contribution in [-0.2, 0) is 17.1 Å². The number of halogens is 1. The van der Waals surface area contributed by atoms with Crippen LogP contribution in [0.3, 0.4) is 0 Å². The van der Waals surface area contributed by atoms with Crippen molar-refractivity contribution in [2.24, 2.45) is 0 Å². The number of anilines is 1. The first kappa shape index (κ1) is 22.0. The molecule has 4 rings (SSSR count). The van der Waals surface area contributed by atoms with Crippen LogP contribution in [0.2, 0.25) is 5.02 Å². The molecule has 0 unspecified atom stereocenters. The van der Waals surface area contributed by atoms with E-state index in [9.17, 15) is 9.59 Å². The Morgan fingerprint density at radius 2 is 2.03 bits per heavy atom. The monoisotopic (exact) mass is 468 g/mol. The maximum atomic E-state index is 12.4. The smallest absolute Gasteiger partial charge is 0.281 e. The van der Waals surface area contributed by atoms with Gasteiger partial charge < -0.3 is 10.3 Å². The molecule has 164 valence electrons. The maximum absolute atomic E-state index is 12.4. The fraction of sp³-hybridized carbons (Fsp3) is 0.227. The standard InChI is InChI=1S/C22H21ClN6O2S/c1-13-7-8-14(2)17(9-13)24-19(30)12-32-11-18-25-21-20(22(31)26-18)27-28-29(21)10-15-5-3-4-6-16(15)23/h3-9H,10-12H2,1-2H3,(H,24,30)(H,25,26,31). The van der Waals surface area contributed by atoms with Crippen molar-refractivity contribution in [3.05, 3.63) is 80.4 Å². The van der Waals surface area contributed by atoms with Crippen LogP contribution in [-0.4, -0.2) is 36.6 Å². The van der Waals surface area contributed by atoms with Gasteiger partial charge in [-0.15, -0.1) is 16.9 Å². The number of aromatic nitrogens is 5. The van der Waals surface area contributed by atoms with Gasteiger partial charge >= 0.3 is 0 Å². The van der Waals surface area contributed by atoms with Gasteiger partial charge in [0.05, 0.1) is 18.1 Å². The van der Waals surface area contributed by atoms with Crippen molar-refractivity contribution in [1.82, 2.24) is 25.0 Å². The fourth-order valence-electron chi connectivity index (χ4n) is 3.17. The Morgan fingerprint density at radius 3 is 2.84 bits per heavy atom. The molecule has 2 heterocycles. The number of aryl methyl sites for hydroxylation is 2. The van der Waals surface area contributed by atoms with Crippen molar-refractivity contribution in [3.8, 4) is 0 Å². The highest BCUT2D eigenvalue weighted by molar-refractivity contribution is 7.99. The maximum Gasteiger partial charge on any atom is 0.281 e. The number of carbonyl (C=O) groups excluding carboxylic acids is 1. The van der Waals surface area contributed by atoms with E-state index >= 15 is 0 Å². The van der Waals surface area contributed by atoms with E-state index < -0.39 is 0 Å². The molecule has 0 aliphatic carbocycles. The van der Waals surface area contributed by atoms with Crippen molar-refractivity contribution in [3.63, 3.8) is 0 Å². The van der Waals surface area contributed by atoms with Crippen LogP contribution in [0.15, 0.2) is 47.3 Å². The zero-order valence-electron chi connectivity index (χ0n) is 17.6. The summed E-state index contributed by atoms with van der Waals surface area (Å²) in [7, 11) is 0. The molecule has 0 saturated heterocycles. The molecule has 0 spiro atoms. The number of carbonyl (C=O) groups is 1. The van der Waals surface area contributed by atoms with Crippen LogP contribution in [0.25, 0.3) is 11.2 Å². The van der Waals surface area contributed by atoms with Gasteiger partial charge in [-0.05, 0) is 42.7 Å². The van der Waals surface area contributed by atoms with Gasteiger partial charge in [-0.2, -0.15) is 0 Å². The van der Waals surface area contributed by atoms with Gasteiger partial charge in [0.15, 0.2) is 11.2 Å². The second-order valence-corrected chi connectivity index (χ2v) is 8.78. The lowest BCUT2D eigenvalue weighted by atomic mass is 10.1. The Kier molecular flexibility index (Phi) is 6.57. The number of nitrogens with zero attached hydrogens (tertiary/aromatic N) is 4. The molecular weight excluding hydrogens is 448 g/mol. The summed E-state index contributed by atoms with van der Waals surface area (Å²) in [6.45, 7) is 4.27. The molecule has 2 N–H and O–H groups in total. The van der Waals surface area contributed by atoms with Crippen LogP contribution >= 0.6 is 23.4 Å². The highest BCUT2D eigenvalue weighted by Crippen LogP contribution is 2.19. The molecule has 0 atom stereocenters. The first-order valence-electron chi connectivity index (χ1n) is 9.91. The van der Waals surface area contributed by atoms with Gasteiger partial charge in [-0.25, -0.2) is 9.67 Å². The predicted octanol–water partition coefficient (Wildman–Crippen LogP) is 3.71. The first-order chi connectivity index (χ1) is 15.4. The molecule has 0 aliphatic rings. The number of benzene rings is 2. The number of hydrogen-bond acceptors (Lipinski definition) is 6. The van der Waals surface area contributed by atoms with E-state index in [0.29, 0.717) is 28.8 Å². The summed E-state index contributed by atoms with van der Waals surface area (Å²) in [4.78, 5) is 32.0. The van der Waals surface area contributed by atoms with E-state index in [1.807, 2.05) is 50.2 Å². The molecular formula is C22H21ClN6O2S. The van der Waals surface area contributed by atoms with Gasteiger partial charge in [0.25, 0.3) is 5.56 Å². The summed E-state index contributed by atoms with van der Waals surface area (Å²) >= 11 is 7.60. The molecule has 0 bridgehead atoms. The Labute approximate surface area is 193 Å². The van der Waals surface area contributed by atoms with Crippen molar-refractivity contribution >= 4 is 46.1 Å². The molecule has 1 amide bonds. The lowest BCUT2D eigenvalue weighted by molar-refractivity contribution is -0.113. The third kappa shape index (κ3) is 5.00. The molecule has 0 radical (unpaired) electrons. The molecule has 0 aliphatic heterocycles. The Balaban J connectivity index is 1.44. The number of thioether (sulfide) groups is 1. The summed E-state index contributed by atoms with van der Waals surface area (Å²) in [6.07, 6.45) is 0. The van der Waals surface area contributed by atoms with Crippen molar-refractivity contribution in [2.75, 3.05) is 11.1 Å². The number of aromatic amines is 1. The van der Waals surface area contributed by atoms with Crippen LogP contribution < -0.4 is 10.9 Å². The first-order valence-corrected chi connectivity index (χ1v) is 11.4. The van der Waals surface area contributed by atoms with E-state index in [1.54, 1.807) is 10.7 Å². The van der Waals surface area contributed by atoms with E-state index in [4.69, 9.17) is 11.6 Å². The van der Waals surface area contributed by atoms with E-state index in [0.717, 1.165) is 22.4 Å². The van der Waals surface area contributed by atoms with Gasteiger partial charge in [0.1, 0.15) is 5.82 Å². The molecule has 0 saturated carbocycles. The highest BCUT2D eigenvalue weighted by atomic mass is 35.5. The Morgan fingerprint density at radius 1 is 1.22 bits per heavy atom. The molecule has 4 aromatic rings. The SMILES string of the molecule is Cc1ccc(C)c(NC(=O)CSCc2nc3c(nnn3Cc3ccccc3Cl)c(=O)[nH]2)c1. The average molecular weight is 469 g/mol. The number of hydrogen-bond donors (Lipinski definition) is 2. The topological polar surface area (TPSA) is 106 Å². The Bertz CT molecular complexity index is 1350. The van der Waals surface area contributed by atoms with Gasteiger partial charge in [0.2, 0.25) is 5.91 Å². The lowest BCUT2D eigenvalue weighted by Crippen LogP contribution is -2.16. The third-order valence-corrected chi connectivity index (χ3v) is 6.15.